The van der Waals surface area contributed by atoms with E-state index in [4.69, 9.17) is 9.47 Å². The molecular formula is C10H12O2. The molecule has 0 atom stereocenters. The molecule has 0 spiro atoms. The molecule has 0 heterocycles. The van der Waals surface area contributed by atoms with E-state index in [0.29, 0.717) is 6.61 Å². The topological polar surface area (TPSA) is 18.5 Å². The molecular weight excluding hydrogens is 152 g/mol. The molecule has 0 N–H and O–H groups in total. The lowest BCUT2D eigenvalue weighted by Crippen LogP contribution is -1.88. The fourth-order valence-electron chi connectivity index (χ4n) is 0.917. The third-order valence-corrected chi connectivity index (χ3v) is 1.50. The Hall–Kier alpha value is -1.44. The third-order valence-electron chi connectivity index (χ3n) is 1.50. The van der Waals surface area contributed by atoms with Gasteiger partial charge in [0, 0.05) is 0 Å². The lowest BCUT2D eigenvalue weighted by Gasteiger charge is -2.03. The lowest BCUT2D eigenvalue weighted by molar-refractivity contribution is 0.237. The maximum atomic E-state index is 5.05. The molecule has 2 nitrogen and oxygen atoms in total. The molecule has 0 radical (unpaired) electrons. The standard InChI is InChI=1S/C10H12O2/c1-3-12-8-9-5-4-6-10(7-9)11-2/h3-7H,1,8H2,2H3. The zero-order chi connectivity index (χ0) is 8.81. The average Bonchev–Trinajstić information content (AvgIpc) is 2.15. The highest BCUT2D eigenvalue weighted by Gasteiger charge is 1.93. The van der Waals surface area contributed by atoms with Crippen LogP contribution >= 0.6 is 0 Å². The highest BCUT2D eigenvalue weighted by Crippen LogP contribution is 2.12. The summed E-state index contributed by atoms with van der Waals surface area (Å²) < 4.78 is 10.1. The summed E-state index contributed by atoms with van der Waals surface area (Å²) in [5, 5.41) is 0. The Bertz CT molecular complexity index is 256. The second-order valence-corrected chi connectivity index (χ2v) is 2.33. The Balaban J connectivity index is 2.65. The van der Waals surface area contributed by atoms with Gasteiger partial charge in [-0.2, -0.15) is 0 Å². The van der Waals surface area contributed by atoms with Crippen molar-refractivity contribution in [3.63, 3.8) is 0 Å². The van der Waals surface area contributed by atoms with Gasteiger partial charge in [-0.15, -0.1) is 0 Å². The molecule has 0 aromatic heterocycles. The fraction of sp³-hybridized carbons (Fsp3) is 0.200. The molecule has 0 bridgehead atoms. The Labute approximate surface area is 72.4 Å². The SMILES string of the molecule is C=COCc1cccc(OC)c1. The van der Waals surface area contributed by atoms with Gasteiger partial charge >= 0.3 is 0 Å². The van der Waals surface area contributed by atoms with E-state index in [1.165, 1.54) is 6.26 Å². The van der Waals surface area contributed by atoms with E-state index in [2.05, 4.69) is 6.58 Å². The van der Waals surface area contributed by atoms with Gasteiger partial charge in [0.15, 0.2) is 0 Å². The molecule has 0 saturated heterocycles. The monoisotopic (exact) mass is 164 g/mol. The first kappa shape index (κ1) is 8.65. The van der Waals surface area contributed by atoms with E-state index in [1.807, 2.05) is 24.3 Å². The number of hydrogen-bond acceptors (Lipinski definition) is 2. The third kappa shape index (κ3) is 2.31. The van der Waals surface area contributed by atoms with Crippen molar-refractivity contribution in [1.29, 1.82) is 0 Å². The number of ether oxygens (including phenoxy) is 2. The van der Waals surface area contributed by atoms with Crippen molar-refractivity contribution in [3.05, 3.63) is 42.7 Å². The summed E-state index contributed by atoms with van der Waals surface area (Å²) in [6, 6.07) is 7.74. The van der Waals surface area contributed by atoms with E-state index in [1.54, 1.807) is 7.11 Å². The maximum absolute atomic E-state index is 5.05. The Morgan fingerprint density at radius 3 is 3.00 bits per heavy atom. The highest BCUT2D eigenvalue weighted by atomic mass is 16.5. The van der Waals surface area contributed by atoms with Crippen molar-refractivity contribution in [2.24, 2.45) is 0 Å². The number of methoxy groups -OCH3 is 1. The van der Waals surface area contributed by atoms with Gasteiger partial charge in [0.2, 0.25) is 0 Å². The van der Waals surface area contributed by atoms with E-state index < -0.39 is 0 Å². The first-order valence-corrected chi connectivity index (χ1v) is 3.72. The molecule has 1 aromatic carbocycles. The number of hydrogen-bond donors (Lipinski definition) is 0. The Morgan fingerprint density at radius 1 is 1.50 bits per heavy atom. The van der Waals surface area contributed by atoms with Gasteiger partial charge in [0.05, 0.1) is 13.4 Å². The normalized spacial score (nSPS) is 9.08. The molecule has 0 saturated carbocycles. The van der Waals surface area contributed by atoms with E-state index in [-0.39, 0.29) is 0 Å². The van der Waals surface area contributed by atoms with Crippen molar-refractivity contribution < 1.29 is 9.47 Å². The zero-order valence-electron chi connectivity index (χ0n) is 7.12. The van der Waals surface area contributed by atoms with Crippen molar-refractivity contribution in [1.82, 2.24) is 0 Å². The summed E-state index contributed by atoms with van der Waals surface area (Å²) in [6.07, 6.45) is 1.43. The summed E-state index contributed by atoms with van der Waals surface area (Å²) in [7, 11) is 1.65. The van der Waals surface area contributed by atoms with Gasteiger partial charge in [-0.3, -0.25) is 0 Å². The van der Waals surface area contributed by atoms with Gasteiger partial charge in [0.1, 0.15) is 12.4 Å². The van der Waals surface area contributed by atoms with Crippen LogP contribution in [0, 0.1) is 0 Å². The van der Waals surface area contributed by atoms with Crippen LogP contribution in [0.2, 0.25) is 0 Å². The van der Waals surface area contributed by atoms with Crippen molar-refractivity contribution in [2.45, 2.75) is 6.61 Å². The van der Waals surface area contributed by atoms with Gasteiger partial charge in [-0.1, -0.05) is 18.7 Å². The summed E-state index contributed by atoms with van der Waals surface area (Å²) >= 11 is 0. The second kappa shape index (κ2) is 4.44. The Morgan fingerprint density at radius 2 is 2.33 bits per heavy atom. The minimum absolute atomic E-state index is 0.542. The van der Waals surface area contributed by atoms with Crippen LogP contribution < -0.4 is 4.74 Å². The minimum Gasteiger partial charge on any atom is -0.497 e. The van der Waals surface area contributed by atoms with Crippen LogP contribution in [0.5, 0.6) is 5.75 Å². The smallest absolute Gasteiger partial charge is 0.119 e. The molecule has 0 aliphatic carbocycles. The minimum atomic E-state index is 0.542. The first-order chi connectivity index (χ1) is 5.86. The van der Waals surface area contributed by atoms with E-state index in [9.17, 15) is 0 Å². The molecule has 0 unspecified atom stereocenters. The Kier molecular flexibility index (Phi) is 3.20. The van der Waals surface area contributed by atoms with Crippen molar-refractivity contribution >= 4 is 0 Å². The van der Waals surface area contributed by atoms with Crippen LogP contribution in [0.3, 0.4) is 0 Å². The van der Waals surface area contributed by atoms with Crippen molar-refractivity contribution in [3.8, 4) is 5.75 Å². The predicted octanol–water partition coefficient (Wildman–Crippen LogP) is 2.36. The van der Waals surface area contributed by atoms with Crippen LogP contribution in [0.4, 0.5) is 0 Å². The molecule has 1 aromatic rings. The van der Waals surface area contributed by atoms with Crippen LogP contribution in [0.1, 0.15) is 5.56 Å². The summed E-state index contributed by atoms with van der Waals surface area (Å²) in [4.78, 5) is 0. The van der Waals surface area contributed by atoms with Crippen molar-refractivity contribution in [2.75, 3.05) is 7.11 Å². The fourth-order valence-corrected chi connectivity index (χ4v) is 0.917. The molecule has 2 heteroatoms. The molecule has 0 amide bonds. The maximum Gasteiger partial charge on any atom is 0.119 e. The van der Waals surface area contributed by atoms with Crippen LogP contribution in [-0.4, -0.2) is 7.11 Å². The first-order valence-electron chi connectivity index (χ1n) is 3.72. The van der Waals surface area contributed by atoms with Gasteiger partial charge in [0.25, 0.3) is 0 Å². The summed E-state index contributed by atoms with van der Waals surface area (Å²) in [5.41, 5.74) is 1.08. The van der Waals surface area contributed by atoms with Crippen LogP contribution in [-0.2, 0) is 11.3 Å². The second-order valence-electron chi connectivity index (χ2n) is 2.33. The molecule has 64 valence electrons. The highest BCUT2D eigenvalue weighted by molar-refractivity contribution is 5.27. The molecule has 0 aliphatic rings. The molecule has 12 heavy (non-hydrogen) atoms. The lowest BCUT2D eigenvalue weighted by atomic mass is 10.2. The summed E-state index contributed by atoms with van der Waals surface area (Å²) in [5.74, 6) is 0.847. The molecule has 0 aliphatic heterocycles. The molecule has 0 fully saturated rings. The quantitative estimate of drug-likeness (QED) is 0.636. The largest absolute Gasteiger partial charge is 0.497 e. The average molecular weight is 164 g/mol. The zero-order valence-corrected chi connectivity index (χ0v) is 7.12. The van der Waals surface area contributed by atoms with Gasteiger partial charge in [-0.05, 0) is 17.7 Å². The van der Waals surface area contributed by atoms with Crippen LogP contribution in [0.25, 0.3) is 0 Å². The van der Waals surface area contributed by atoms with Gasteiger partial charge < -0.3 is 9.47 Å². The number of rotatable bonds is 4. The van der Waals surface area contributed by atoms with E-state index in [0.717, 1.165) is 11.3 Å². The number of benzene rings is 1. The summed E-state index contributed by atoms with van der Waals surface area (Å²) in [6.45, 7) is 4.01. The molecule has 1 rings (SSSR count). The van der Waals surface area contributed by atoms with E-state index >= 15 is 0 Å². The predicted molar refractivity (Wildman–Crippen MR) is 48.0 cm³/mol. The van der Waals surface area contributed by atoms with Crippen LogP contribution in [0.15, 0.2) is 37.1 Å². The van der Waals surface area contributed by atoms with Gasteiger partial charge in [-0.25, -0.2) is 0 Å².